The van der Waals surface area contributed by atoms with Crippen LogP contribution in [0.3, 0.4) is 0 Å². The first kappa shape index (κ1) is 17.0. The van der Waals surface area contributed by atoms with Gasteiger partial charge in [-0.1, -0.05) is 29.8 Å². The van der Waals surface area contributed by atoms with Gasteiger partial charge in [-0.3, -0.25) is 14.6 Å². The van der Waals surface area contributed by atoms with E-state index in [1.807, 2.05) is 12.1 Å². The summed E-state index contributed by atoms with van der Waals surface area (Å²) in [6, 6.07) is 10.4. The van der Waals surface area contributed by atoms with Gasteiger partial charge in [0, 0.05) is 30.9 Å². The molecule has 23 heavy (non-hydrogen) atoms. The minimum absolute atomic E-state index is 0.150. The average molecular weight is 332 g/mol. The Morgan fingerprint density at radius 1 is 1.22 bits per heavy atom. The molecule has 2 rings (SSSR count). The van der Waals surface area contributed by atoms with Gasteiger partial charge < -0.3 is 10.6 Å². The fourth-order valence-corrected chi connectivity index (χ4v) is 2.28. The van der Waals surface area contributed by atoms with Gasteiger partial charge in [-0.15, -0.1) is 0 Å². The van der Waals surface area contributed by atoms with Gasteiger partial charge in [0.15, 0.2) is 0 Å². The van der Waals surface area contributed by atoms with Crippen molar-refractivity contribution in [3.63, 3.8) is 0 Å². The predicted octanol–water partition coefficient (Wildman–Crippen LogP) is 2.62. The molecule has 1 aromatic carbocycles. The van der Waals surface area contributed by atoms with Crippen molar-refractivity contribution in [1.29, 1.82) is 0 Å². The van der Waals surface area contributed by atoms with Crippen LogP contribution in [0.5, 0.6) is 0 Å². The highest BCUT2D eigenvalue weighted by Crippen LogP contribution is 2.19. The molecule has 1 heterocycles. The van der Waals surface area contributed by atoms with E-state index in [-0.39, 0.29) is 18.2 Å². The van der Waals surface area contributed by atoms with Gasteiger partial charge >= 0.3 is 0 Å². The summed E-state index contributed by atoms with van der Waals surface area (Å²) in [5.74, 6) is -0.340. The van der Waals surface area contributed by atoms with E-state index in [1.54, 1.807) is 36.7 Å². The summed E-state index contributed by atoms with van der Waals surface area (Å²) in [7, 11) is 0. The molecule has 0 aliphatic carbocycles. The van der Waals surface area contributed by atoms with Crippen LogP contribution in [0.25, 0.3) is 0 Å². The highest BCUT2D eigenvalue weighted by atomic mass is 35.5. The van der Waals surface area contributed by atoms with E-state index in [9.17, 15) is 9.59 Å². The zero-order valence-electron chi connectivity index (χ0n) is 12.8. The van der Waals surface area contributed by atoms with E-state index in [4.69, 9.17) is 11.6 Å². The van der Waals surface area contributed by atoms with Crippen molar-refractivity contribution in [1.82, 2.24) is 15.6 Å². The van der Waals surface area contributed by atoms with Gasteiger partial charge in [0.1, 0.15) is 0 Å². The van der Waals surface area contributed by atoms with Gasteiger partial charge in [0.05, 0.1) is 12.5 Å². The van der Waals surface area contributed by atoms with E-state index >= 15 is 0 Å². The number of carbonyl (C=O) groups excluding carboxylic acids is 2. The number of hydrogen-bond donors (Lipinski definition) is 2. The number of nitrogens with one attached hydrogen (secondary N) is 2. The Bertz CT molecular complexity index is 659. The van der Waals surface area contributed by atoms with Gasteiger partial charge in [-0.25, -0.2) is 0 Å². The number of halogens is 1. The van der Waals surface area contributed by atoms with Crippen molar-refractivity contribution in [2.45, 2.75) is 25.9 Å². The molecule has 1 atom stereocenters. The maximum atomic E-state index is 12.1. The highest BCUT2D eigenvalue weighted by Gasteiger charge is 2.17. The summed E-state index contributed by atoms with van der Waals surface area (Å²) in [6.45, 7) is 1.83. The lowest BCUT2D eigenvalue weighted by atomic mass is 10.0. The summed E-state index contributed by atoms with van der Waals surface area (Å²) in [6.07, 6.45) is 3.53. The molecule has 1 aromatic heterocycles. The Morgan fingerprint density at radius 3 is 2.57 bits per heavy atom. The quantitative estimate of drug-likeness (QED) is 0.854. The van der Waals surface area contributed by atoms with E-state index in [2.05, 4.69) is 15.6 Å². The van der Waals surface area contributed by atoms with Crippen LogP contribution in [0, 0.1) is 0 Å². The fourth-order valence-electron chi connectivity index (χ4n) is 2.15. The summed E-state index contributed by atoms with van der Waals surface area (Å²) in [5, 5.41) is 6.22. The summed E-state index contributed by atoms with van der Waals surface area (Å²) < 4.78 is 0. The SMILES string of the molecule is CC(=O)NC(CC(=O)NCc1cccnc1)c1ccc(Cl)cc1. The molecule has 0 fully saturated rings. The molecule has 2 amide bonds. The maximum Gasteiger partial charge on any atom is 0.222 e. The maximum absolute atomic E-state index is 12.1. The Balaban J connectivity index is 1.98. The van der Waals surface area contributed by atoms with Crippen molar-refractivity contribution < 1.29 is 9.59 Å². The fraction of sp³-hybridized carbons (Fsp3) is 0.235. The number of benzene rings is 1. The predicted molar refractivity (Wildman–Crippen MR) is 88.7 cm³/mol. The smallest absolute Gasteiger partial charge is 0.222 e. The van der Waals surface area contributed by atoms with Crippen molar-refractivity contribution in [3.05, 3.63) is 64.9 Å². The number of aromatic nitrogens is 1. The van der Waals surface area contributed by atoms with Crippen molar-refractivity contribution in [2.24, 2.45) is 0 Å². The van der Waals surface area contributed by atoms with Crippen LogP contribution >= 0.6 is 11.6 Å². The van der Waals surface area contributed by atoms with E-state index < -0.39 is 6.04 Å². The first-order valence-electron chi connectivity index (χ1n) is 7.23. The van der Waals surface area contributed by atoms with Crippen LogP contribution in [0.4, 0.5) is 0 Å². The third kappa shape index (κ3) is 5.71. The van der Waals surface area contributed by atoms with Crippen LogP contribution in [-0.2, 0) is 16.1 Å². The minimum Gasteiger partial charge on any atom is -0.352 e. The Labute approximate surface area is 140 Å². The molecule has 0 saturated carbocycles. The first-order valence-corrected chi connectivity index (χ1v) is 7.60. The molecular formula is C17H18ClN3O2. The monoisotopic (exact) mass is 331 g/mol. The molecule has 6 heteroatoms. The molecule has 2 N–H and O–H groups in total. The van der Waals surface area contributed by atoms with Gasteiger partial charge in [0.2, 0.25) is 11.8 Å². The zero-order chi connectivity index (χ0) is 16.7. The number of amides is 2. The summed E-state index contributed by atoms with van der Waals surface area (Å²) >= 11 is 5.87. The lowest BCUT2D eigenvalue weighted by molar-refractivity contribution is -0.122. The lowest BCUT2D eigenvalue weighted by Gasteiger charge is -2.18. The molecule has 0 aliphatic heterocycles. The van der Waals surface area contributed by atoms with E-state index in [0.29, 0.717) is 11.6 Å². The molecule has 120 valence electrons. The van der Waals surface area contributed by atoms with Crippen LogP contribution in [-0.4, -0.2) is 16.8 Å². The van der Waals surface area contributed by atoms with Gasteiger partial charge in [-0.2, -0.15) is 0 Å². The molecule has 5 nitrogen and oxygen atoms in total. The topological polar surface area (TPSA) is 71.1 Å². The average Bonchev–Trinajstić information content (AvgIpc) is 2.53. The normalized spacial score (nSPS) is 11.6. The molecule has 0 radical (unpaired) electrons. The molecule has 0 saturated heterocycles. The van der Waals surface area contributed by atoms with Crippen molar-refractivity contribution in [3.8, 4) is 0 Å². The molecular weight excluding hydrogens is 314 g/mol. The zero-order valence-corrected chi connectivity index (χ0v) is 13.5. The Kier molecular flexibility index (Phi) is 6.11. The minimum atomic E-state index is -0.390. The Hall–Kier alpha value is -2.40. The Morgan fingerprint density at radius 2 is 1.96 bits per heavy atom. The second kappa shape index (κ2) is 8.29. The first-order chi connectivity index (χ1) is 11.0. The van der Waals surface area contributed by atoms with Crippen LogP contribution in [0.1, 0.15) is 30.5 Å². The van der Waals surface area contributed by atoms with E-state index in [0.717, 1.165) is 11.1 Å². The standard InChI is InChI=1S/C17H18ClN3O2/c1-12(22)21-16(14-4-6-15(18)7-5-14)9-17(23)20-11-13-3-2-8-19-10-13/h2-8,10,16H,9,11H2,1H3,(H,20,23)(H,21,22). The number of carbonyl (C=O) groups is 2. The largest absolute Gasteiger partial charge is 0.352 e. The third-order valence-corrected chi connectivity index (χ3v) is 3.50. The van der Waals surface area contributed by atoms with Gasteiger partial charge in [0.25, 0.3) is 0 Å². The van der Waals surface area contributed by atoms with Crippen LogP contribution in [0.2, 0.25) is 5.02 Å². The van der Waals surface area contributed by atoms with Crippen LogP contribution in [0.15, 0.2) is 48.8 Å². The third-order valence-electron chi connectivity index (χ3n) is 3.25. The number of pyridine rings is 1. The number of nitrogens with zero attached hydrogens (tertiary/aromatic N) is 1. The molecule has 0 bridgehead atoms. The number of rotatable bonds is 6. The number of hydrogen-bond acceptors (Lipinski definition) is 3. The van der Waals surface area contributed by atoms with E-state index in [1.165, 1.54) is 6.92 Å². The van der Waals surface area contributed by atoms with Crippen molar-refractivity contribution in [2.75, 3.05) is 0 Å². The molecule has 1 unspecified atom stereocenters. The summed E-state index contributed by atoms with van der Waals surface area (Å²) in [4.78, 5) is 27.5. The molecule has 0 aliphatic rings. The lowest BCUT2D eigenvalue weighted by Crippen LogP contribution is -2.32. The highest BCUT2D eigenvalue weighted by molar-refractivity contribution is 6.30. The molecule has 0 spiro atoms. The van der Waals surface area contributed by atoms with Crippen LogP contribution < -0.4 is 10.6 Å². The summed E-state index contributed by atoms with van der Waals surface area (Å²) in [5.41, 5.74) is 1.75. The second-order valence-electron chi connectivity index (χ2n) is 5.15. The second-order valence-corrected chi connectivity index (χ2v) is 5.58. The van der Waals surface area contributed by atoms with Crippen molar-refractivity contribution >= 4 is 23.4 Å². The molecule has 2 aromatic rings. The van der Waals surface area contributed by atoms with Gasteiger partial charge in [-0.05, 0) is 29.3 Å².